The molecule has 2 N–H and O–H groups in total. The first-order valence-corrected chi connectivity index (χ1v) is 8.00. The summed E-state index contributed by atoms with van der Waals surface area (Å²) in [6.07, 6.45) is 6.11. The molecule has 0 fully saturated rings. The number of fused-ring (bicyclic) bond motifs is 1. The highest BCUT2D eigenvalue weighted by atomic mass is 15.1. The van der Waals surface area contributed by atoms with Crippen molar-refractivity contribution in [2.24, 2.45) is 0 Å². The van der Waals surface area contributed by atoms with Gasteiger partial charge >= 0.3 is 0 Å². The quantitative estimate of drug-likeness (QED) is 0.856. The molecule has 0 atom stereocenters. The van der Waals surface area contributed by atoms with Crippen LogP contribution < -0.4 is 10.6 Å². The van der Waals surface area contributed by atoms with E-state index in [2.05, 4.69) is 41.3 Å². The molecule has 110 valence electrons. The number of anilines is 2. The summed E-state index contributed by atoms with van der Waals surface area (Å²) in [4.78, 5) is 2.56. The minimum Gasteiger partial charge on any atom is -0.399 e. The largest absolute Gasteiger partial charge is 0.399 e. The summed E-state index contributed by atoms with van der Waals surface area (Å²) >= 11 is 0. The van der Waals surface area contributed by atoms with Crippen LogP contribution in [0, 0.1) is 0 Å². The van der Waals surface area contributed by atoms with Gasteiger partial charge in [-0.05, 0) is 61.4 Å². The van der Waals surface area contributed by atoms with E-state index in [4.69, 9.17) is 5.73 Å². The van der Waals surface area contributed by atoms with E-state index in [0.717, 1.165) is 18.7 Å². The van der Waals surface area contributed by atoms with Gasteiger partial charge in [0.25, 0.3) is 0 Å². The minimum atomic E-state index is 0.868. The zero-order valence-corrected chi connectivity index (χ0v) is 12.6. The third kappa shape index (κ3) is 3.57. The minimum absolute atomic E-state index is 0.868. The lowest BCUT2D eigenvalue weighted by Gasteiger charge is -2.25. The fourth-order valence-corrected chi connectivity index (χ4v) is 3.22. The van der Waals surface area contributed by atoms with E-state index >= 15 is 0 Å². The normalized spacial score (nSPS) is 14.6. The standard InChI is InChI=1S/C19H24N2/c20-18-11-5-7-16(15-18)8-6-14-21-13-4-3-10-17-9-1-2-12-19(17)21/h1-2,5,7,9,11-12,15H,3-4,6,8,10,13-14,20H2. The van der Waals surface area contributed by atoms with Crippen LogP contribution in [0.5, 0.6) is 0 Å². The Kier molecular flexibility index (Phi) is 4.44. The molecule has 0 saturated carbocycles. The molecule has 0 aliphatic carbocycles. The van der Waals surface area contributed by atoms with Crippen molar-refractivity contribution in [3.8, 4) is 0 Å². The predicted molar refractivity (Wildman–Crippen MR) is 90.8 cm³/mol. The molecule has 2 aromatic rings. The van der Waals surface area contributed by atoms with E-state index < -0.39 is 0 Å². The maximum absolute atomic E-state index is 5.85. The van der Waals surface area contributed by atoms with Gasteiger partial charge in [-0.1, -0.05) is 30.3 Å². The first-order valence-electron chi connectivity index (χ1n) is 8.00. The lowest BCUT2D eigenvalue weighted by molar-refractivity contribution is 0.688. The van der Waals surface area contributed by atoms with Crippen LogP contribution in [0.2, 0.25) is 0 Å². The smallest absolute Gasteiger partial charge is 0.0398 e. The van der Waals surface area contributed by atoms with Crippen LogP contribution in [0.25, 0.3) is 0 Å². The van der Waals surface area contributed by atoms with Crippen LogP contribution in [0.3, 0.4) is 0 Å². The number of rotatable bonds is 4. The van der Waals surface area contributed by atoms with Gasteiger partial charge in [0.15, 0.2) is 0 Å². The monoisotopic (exact) mass is 280 g/mol. The summed E-state index contributed by atoms with van der Waals surface area (Å²) in [7, 11) is 0. The second-order valence-corrected chi connectivity index (χ2v) is 5.92. The molecule has 1 aliphatic rings. The van der Waals surface area contributed by atoms with Gasteiger partial charge in [-0.3, -0.25) is 0 Å². The Hall–Kier alpha value is -1.96. The molecule has 0 spiro atoms. The Bertz CT molecular complexity index is 592. The molecule has 0 saturated heterocycles. The molecule has 3 rings (SSSR count). The van der Waals surface area contributed by atoms with Crippen molar-refractivity contribution in [2.75, 3.05) is 23.7 Å². The van der Waals surface area contributed by atoms with Crippen LogP contribution >= 0.6 is 0 Å². The zero-order chi connectivity index (χ0) is 14.5. The molecular weight excluding hydrogens is 256 g/mol. The molecule has 2 aromatic carbocycles. The Labute approximate surface area is 127 Å². The molecule has 0 radical (unpaired) electrons. The third-order valence-electron chi connectivity index (χ3n) is 4.30. The Morgan fingerprint density at radius 3 is 2.81 bits per heavy atom. The highest BCUT2D eigenvalue weighted by Crippen LogP contribution is 2.26. The summed E-state index contributed by atoms with van der Waals surface area (Å²) in [5, 5.41) is 0. The van der Waals surface area contributed by atoms with E-state index in [0.29, 0.717) is 0 Å². The lowest BCUT2D eigenvalue weighted by Crippen LogP contribution is -2.25. The SMILES string of the molecule is Nc1cccc(CCCN2CCCCc3ccccc32)c1. The van der Waals surface area contributed by atoms with E-state index in [-0.39, 0.29) is 0 Å². The van der Waals surface area contributed by atoms with Gasteiger partial charge in [-0.15, -0.1) is 0 Å². The molecule has 0 bridgehead atoms. The lowest BCUT2D eigenvalue weighted by atomic mass is 10.1. The van der Waals surface area contributed by atoms with E-state index in [1.807, 2.05) is 12.1 Å². The van der Waals surface area contributed by atoms with Gasteiger partial charge in [0.05, 0.1) is 0 Å². The summed E-state index contributed by atoms with van der Waals surface area (Å²) in [5.41, 5.74) is 11.0. The average molecular weight is 280 g/mol. The fraction of sp³-hybridized carbons (Fsp3) is 0.368. The van der Waals surface area contributed by atoms with Crippen molar-refractivity contribution in [1.29, 1.82) is 0 Å². The number of benzene rings is 2. The van der Waals surface area contributed by atoms with Crippen LogP contribution in [-0.2, 0) is 12.8 Å². The van der Waals surface area contributed by atoms with Gasteiger partial charge in [0.2, 0.25) is 0 Å². The Balaban J connectivity index is 1.62. The summed E-state index contributed by atoms with van der Waals surface area (Å²) in [6, 6.07) is 17.2. The maximum Gasteiger partial charge on any atom is 0.0398 e. The summed E-state index contributed by atoms with van der Waals surface area (Å²) in [6.45, 7) is 2.32. The first-order chi connectivity index (χ1) is 10.3. The number of hydrogen-bond donors (Lipinski definition) is 1. The van der Waals surface area contributed by atoms with Crippen LogP contribution in [0.4, 0.5) is 11.4 Å². The molecule has 2 nitrogen and oxygen atoms in total. The topological polar surface area (TPSA) is 29.3 Å². The van der Waals surface area contributed by atoms with Crippen molar-refractivity contribution in [3.05, 3.63) is 59.7 Å². The number of aryl methyl sites for hydroxylation is 2. The van der Waals surface area contributed by atoms with Crippen molar-refractivity contribution in [2.45, 2.75) is 32.1 Å². The van der Waals surface area contributed by atoms with Gasteiger partial charge in [0, 0.05) is 24.5 Å². The zero-order valence-electron chi connectivity index (χ0n) is 12.6. The van der Waals surface area contributed by atoms with E-state index in [9.17, 15) is 0 Å². The summed E-state index contributed by atoms with van der Waals surface area (Å²) < 4.78 is 0. The maximum atomic E-state index is 5.85. The van der Waals surface area contributed by atoms with Crippen LogP contribution in [0.15, 0.2) is 48.5 Å². The second-order valence-electron chi connectivity index (χ2n) is 5.92. The molecule has 2 heteroatoms. The van der Waals surface area contributed by atoms with Crippen LogP contribution in [-0.4, -0.2) is 13.1 Å². The number of nitrogens with two attached hydrogens (primary N) is 1. The van der Waals surface area contributed by atoms with Gasteiger partial charge in [-0.2, -0.15) is 0 Å². The van der Waals surface area contributed by atoms with Crippen molar-refractivity contribution < 1.29 is 0 Å². The van der Waals surface area contributed by atoms with Crippen molar-refractivity contribution in [1.82, 2.24) is 0 Å². The van der Waals surface area contributed by atoms with Gasteiger partial charge in [-0.25, -0.2) is 0 Å². The highest BCUT2D eigenvalue weighted by molar-refractivity contribution is 5.54. The molecule has 21 heavy (non-hydrogen) atoms. The molecule has 0 amide bonds. The summed E-state index contributed by atoms with van der Waals surface area (Å²) in [5.74, 6) is 0. The first kappa shape index (κ1) is 14.0. The van der Waals surface area contributed by atoms with Crippen molar-refractivity contribution >= 4 is 11.4 Å². The number of hydrogen-bond acceptors (Lipinski definition) is 2. The molecule has 0 unspecified atom stereocenters. The molecular formula is C19H24N2. The molecule has 1 aliphatic heterocycles. The molecule has 1 heterocycles. The van der Waals surface area contributed by atoms with Crippen molar-refractivity contribution in [3.63, 3.8) is 0 Å². The Morgan fingerprint density at radius 1 is 1.00 bits per heavy atom. The number of nitrogens with zero attached hydrogens (tertiary/aromatic N) is 1. The van der Waals surface area contributed by atoms with E-state index in [1.54, 1.807) is 0 Å². The Morgan fingerprint density at radius 2 is 1.90 bits per heavy atom. The number of nitrogen functional groups attached to an aromatic ring is 1. The second kappa shape index (κ2) is 6.66. The third-order valence-corrected chi connectivity index (χ3v) is 4.30. The van der Waals surface area contributed by atoms with Gasteiger partial charge < -0.3 is 10.6 Å². The molecule has 0 aromatic heterocycles. The average Bonchev–Trinajstić information content (AvgIpc) is 2.70. The number of para-hydroxylation sites is 1. The van der Waals surface area contributed by atoms with Gasteiger partial charge in [0.1, 0.15) is 0 Å². The highest BCUT2D eigenvalue weighted by Gasteiger charge is 2.14. The fourth-order valence-electron chi connectivity index (χ4n) is 3.22. The predicted octanol–water partition coefficient (Wildman–Crippen LogP) is 4.04. The van der Waals surface area contributed by atoms with Crippen LogP contribution in [0.1, 0.15) is 30.4 Å². The van der Waals surface area contributed by atoms with E-state index in [1.165, 1.54) is 49.0 Å².